The molecule has 2 amide bonds. The van der Waals surface area contributed by atoms with Gasteiger partial charge in [0.2, 0.25) is 11.8 Å². The summed E-state index contributed by atoms with van der Waals surface area (Å²) in [4.78, 5) is 30.0. The number of likely N-dealkylation sites (tertiary alicyclic amines) is 1. The zero-order valence-corrected chi connectivity index (χ0v) is 13.3. The first-order valence-electron chi connectivity index (χ1n) is 7.77. The van der Waals surface area contributed by atoms with Gasteiger partial charge in [0.15, 0.2) is 0 Å². The van der Waals surface area contributed by atoms with Crippen LogP contribution in [0.1, 0.15) is 56.0 Å². The van der Waals surface area contributed by atoms with Gasteiger partial charge in [-0.05, 0) is 32.1 Å². The van der Waals surface area contributed by atoms with Gasteiger partial charge < -0.3 is 4.90 Å². The largest absolute Gasteiger partial charge is 0.333 e. The molecule has 1 fully saturated rings. The number of hydrazone groups is 1. The summed E-state index contributed by atoms with van der Waals surface area (Å²) in [6.45, 7) is 0.812. The molecule has 1 aromatic rings. The molecule has 2 aliphatic rings. The van der Waals surface area contributed by atoms with Crippen LogP contribution in [0.5, 0.6) is 0 Å². The van der Waals surface area contributed by atoms with Crippen molar-refractivity contribution in [3.05, 3.63) is 16.6 Å². The Bertz CT molecular complexity index is 570. The number of hydrogen-bond donors (Lipinski definition) is 1. The molecule has 2 aliphatic heterocycles. The number of amides is 2. The van der Waals surface area contributed by atoms with Crippen molar-refractivity contribution >= 4 is 28.9 Å². The van der Waals surface area contributed by atoms with E-state index >= 15 is 0 Å². The highest BCUT2D eigenvalue weighted by molar-refractivity contribution is 7.09. The Balaban J connectivity index is 1.59. The number of piperidine rings is 1. The third kappa shape index (κ3) is 3.52. The first kappa shape index (κ1) is 15.1. The average Bonchev–Trinajstić information content (AvgIpc) is 3.08. The number of aromatic nitrogens is 1. The number of nitrogens with zero attached hydrogens (tertiary/aromatic N) is 3. The van der Waals surface area contributed by atoms with Crippen molar-refractivity contribution in [2.75, 3.05) is 6.54 Å². The SMILES string of the molecule is O=C1CCC(CCC(=O)N2CCCCC2c2nccs2)=NN1. The number of carbonyl (C=O) groups is 2. The summed E-state index contributed by atoms with van der Waals surface area (Å²) in [5, 5.41) is 7.03. The molecule has 3 heterocycles. The van der Waals surface area contributed by atoms with Gasteiger partial charge in [-0.1, -0.05) is 0 Å². The number of carbonyl (C=O) groups excluding carboxylic acids is 2. The summed E-state index contributed by atoms with van der Waals surface area (Å²) in [5.74, 6) is 0.120. The van der Waals surface area contributed by atoms with Crippen LogP contribution < -0.4 is 5.43 Å². The molecule has 0 saturated carbocycles. The Hall–Kier alpha value is -1.76. The lowest BCUT2D eigenvalue weighted by atomic mass is 10.0. The van der Waals surface area contributed by atoms with E-state index in [0.29, 0.717) is 25.7 Å². The molecule has 0 bridgehead atoms. The standard InChI is InChI=1S/C15H20N4O2S/c20-13-6-4-11(17-18-13)5-7-14(21)19-9-2-1-3-12(19)15-16-8-10-22-15/h8,10,12H,1-7,9H2,(H,18,20). The molecule has 6 nitrogen and oxygen atoms in total. The second-order valence-electron chi connectivity index (χ2n) is 5.68. The highest BCUT2D eigenvalue weighted by Crippen LogP contribution is 2.32. The van der Waals surface area contributed by atoms with Crippen LogP contribution in [0.2, 0.25) is 0 Å². The van der Waals surface area contributed by atoms with Crippen LogP contribution in [0, 0.1) is 0 Å². The molecular weight excluding hydrogens is 300 g/mol. The van der Waals surface area contributed by atoms with Gasteiger partial charge in [0.25, 0.3) is 0 Å². The van der Waals surface area contributed by atoms with E-state index in [-0.39, 0.29) is 17.9 Å². The molecule has 1 atom stereocenters. The number of nitrogens with one attached hydrogen (secondary N) is 1. The average molecular weight is 320 g/mol. The Morgan fingerprint density at radius 3 is 3.05 bits per heavy atom. The van der Waals surface area contributed by atoms with Gasteiger partial charge in [0.1, 0.15) is 5.01 Å². The predicted octanol–water partition coefficient (Wildman–Crippen LogP) is 2.24. The Morgan fingerprint density at radius 2 is 2.32 bits per heavy atom. The van der Waals surface area contributed by atoms with Crippen LogP contribution >= 0.6 is 11.3 Å². The van der Waals surface area contributed by atoms with E-state index in [1.165, 1.54) is 0 Å². The van der Waals surface area contributed by atoms with Crippen LogP contribution in [0.25, 0.3) is 0 Å². The van der Waals surface area contributed by atoms with Crippen molar-refractivity contribution in [3.63, 3.8) is 0 Å². The number of hydrogen-bond acceptors (Lipinski definition) is 5. The van der Waals surface area contributed by atoms with Crippen molar-refractivity contribution in [1.82, 2.24) is 15.3 Å². The molecule has 1 saturated heterocycles. The monoisotopic (exact) mass is 320 g/mol. The zero-order chi connectivity index (χ0) is 15.4. The van der Waals surface area contributed by atoms with Crippen molar-refractivity contribution in [2.45, 2.75) is 51.0 Å². The van der Waals surface area contributed by atoms with E-state index in [4.69, 9.17) is 0 Å². The Kier molecular flexibility index (Phi) is 4.82. The van der Waals surface area contributed by atoms with Crippen molar-refractivity contribution < 1.29 is 9.59 Å². The van der Waals surface area contributed by atoms with Gasteiger partial charge in [-0.15, -0.1) is 11.3 Å². The predicted molar refractivity (Wildman–Crippen MR) is 84.5 cm³/mol. The molecule has 1 unspecified atom stereocenters. The molecule has 3 rings (SSSR count). The first-order valence-corrected chi connectivity index (χ1v) is 8.65. The van der Waals surface area contributed by atoms with Crippen LogP contribution in [0.3, 0.4) is 0 Å². The lowest BCUT2D eigenvalue weighted by Gasteiger charge is -2.34. The molecule has 0 spiro atoms. The Morgan fingerprint density at radius 1 is 1.41 bits per heavy atom. The third-order valence-electron chi connectivity index (χ3n) is 4.17. The second kappa shape index (κ2) is 7.00. The highest BCUT2D eigenvalue weighted by Gasteiger charge is 2.29. The van der Waals surface area contributed by atoms with Crippen molar-refractivity contribution in [3.8, 4) is 0 Å². The summed E-state index contributed by atoms with van der Waals surface area (Å²) in [6, 6.07) is 0.134. The van der Waals surface area contributed by atoms with E-state index in [2.05, 4.69) is 15.5 Å². The molecular formula is C15H20N4O2S. The highest BCUT2D eigenvalue weighted by atomic mass is 32.1. The van der Waals surface area contributed by atoms with E-state index in [1.807, 2.05) is 10.3 Å². The molecule has 0 radical (unpaired) electrons. The minimum atomic E-state index is -0.0464. The van der Waals surface area contributed by atoms with Crippen LogP contribution in [0.4, 0.5) is 0 Å². The summed E-state index contributed by atoms with van der Waals surface area (Å²) >= 11 is 1.62. The maximum Gasteiger partial charge on any atom is 0.240 e. The van der Waals surface area contributed by atoms with Crippen LogP contribution in [-0.4, -0.2) is 34.0 Å². The molecule has 7 heteroatoms. The van der Waals surface area contributed by atoms with Gasteiger partial charge in [0, 0.05) is 36.7 Å². The molecule has 1 N–H and O–H groups in total. The van der Waals surface area contributed by atoms with E-state index in [9.17, 15) is 9.59 Å². The van der Waals surface area contributed by atoms with Gasteiger partial charge >= 0.3 is 0 Å². The van der Waals surface area contributed by atoms with Crippen LogP contribution in [0.15, 0.2) is 16.7 Å². The van der Waals surface area contributed by atoms with E-state index < -0.39 is 0 Å². The molecule has 22 heavy (non-hydrogen) atoms. The fraction of sp³-hybridized carbons (Fsp3) is 0.600. The lowest BCUT2D eigenvalue weighted by Crippen LogP contribution is -2.38. The van der Waals surface area contributed by atoms with Crippen LogP contribution in [-0.2, 0) is 9.59 Å². The zero-order valence-electron chi connectivity index (χ0n) is 12.5. The topological polar surface area (TPSA) is 74.7 Å². The van der Waals surface area contributed by atoms with Gasteiger partial charge in [0.05, 0.1) is 6.04 Å². The lowest BCUT2D eigenvalue weighted by molar-refractivity contribution is -0.134. The van der Waals surface area contributed by atoms with Crippen molar-refractivity contribution in [2.24, 2.45) is 5.10 Å². The summed E-state index contributed by atoms with van der Waals surface area (Å²) in [7, 11) is 0. The van der Waals surface area contributed by atoms with Gasteiger partial charge in [-0.3, -0.25) is 9.59 Å². The number of thiazole rings is 1. The normalized spacial score (nSPS) is 22.2. The van der Waals surface area contributed by atoms with E-state index in [1.54, 1.807) is 17.5 Å². The minimum absolute atomic E-state index is 0.0464. The smallest absolute Gasteiger partial charge is 0.240 e. The molecule has 0 aliphatic carbocycles. The quantitative estimate of drug-likeness (QED) is 0.924. The molecule has 118 valence electrons. The Labute approximate surface area is 133 Å². The second-order valence-corrected chi connectivity index (χ2v) is 6.61. The number of rotatable bonds is 4. The van der Waals surface area contributed by atoms with E-state index in [0.717, 1.165) is 36.5 Å². The fourth-order valence-corrected chi connectivity index (χ4v) is 3.76. The van der Waals surface area contributed by atoms with Crippen molar-refractivity contribution in [1.29, 1.82) is 0 Å². The third-order valence-corrected chi connectivity index (χ3v) is 5.04. The summed E-state index contributed by atoms with van der Waals surface area (Å²) in [6.07, 6.45) is 7.22. The minimum Gasteiger partial charge on any atom is -0.333 e. The van der Waals surface area contributed by atoms with Gasteiger partial charge in [-0.25, -0.2) is 10.4 Å². The maximum atomic E-state index is 12.6. The maximum absolute atomic E-state index is 12.6. The fourth-order valence-electron chi connectivity index (χ4n) is 2.97. The van der Waals surface area contributed by atoms with Gasteiger partial charge in [-0.2, -0.15) is 5.10 Å². The first-order chi connectivity index (χ1) is 10.7. The molecule has 0 aromatic carbocycles. The molecule has 1 aromatic heterocycles. The summed E-state index contributed by atoms with van der Waals surface area (Å²) in [5.41, 5.74) is 3.40. The summed E-state index contributed by atoms with van der Waals surface area (Å²) < 4.78 is 0.